The van der Waals surface area contributed by atoms with Crippen molar-refractivity contribution in [3.8, 4) is 11.6 Å². The molecule has 4 fully saturated rings. The zero-order valence-corrected chi connectivity index (χ0v) is 37.3. The van der Waals surface area contributed by atoms with E-state index >= 15 is 0 Å². The first-order valence-electron chi connectivity index (χ1n) is 20.6. The van der Waals surface area contributed by atoms with E-state index in [0.717, 1.165) is 13.1 Å². The number of amides is 4. The van der Waals surface area contributed by atoms with Crippen LogP contribution < -0.4 is 24.8 Å². The highest BCUT2D eigenvalue weighted by Gasteiger charge is 2.62. The van der Waals surface area contributed by atoms with Gasteiger partial charge < -0.3 is 34.5 Å². The zero-order chi connectivity index (χ0) is 43.8. The summed E-state index contributed by atoms with van der Waals surface area (Å²) < 4.78 is 56.7. The van der Waals surface area contributed by atoms with Gasteiger partial charge in [0.15, 0.2) is 0 Å². The van der Waals surface area contributed by atoms with E-state index < -0.39 is 74.5 Å². The van der Waals surface area contributed by atoms with Crippen LogP contribution in [-0.2, 0) is 38.3 Å². The normalized spacial score (nSPS) is 24.6. The number of pyridine rings is 1. The van der Waals surface area contributed by atoms with E-state index in [2.05, 4.69) is 20.5 Å². The minimum absolute atomic E-state index is 0.0211. The maximum atomic E-state index is 14.7. The smallest absolute Gasteiger partial charge is 0.408 e. The predicted octanol–water partition coefficient (Wildman–Crippen LogP) is 4.10. The van der Waals surface area contributed by atoms with Crippen molar-refractivity contribution in [1.29, 1.82) is 0 Å². The number of hydrogen-bond donors (Lipinski definition) is 3. The molecular formula is C41H59ClN6O11S. The second kappa shape index (κ2) is 17.4. The number of halogens is 1. The van der Waals surface area contributed by atoms with E-state index in [1.807, 2.05) is 11.6 Å². The van der Waals surface area contributed by atoms with E-state index in [0.29, 0.717) is 67.3 Å². The number of ether oxygens (including phenoxy) is 4. The van der Waals surface area contributed by atoms with Crippen LogP contribution >= 0.6 is 11.6 Å². The quantitative estimate of drug-likeness (QED) is 0.231. The lowest BCUT2D eigenvalue weighted by Crippen LogP contribution is -2.60. The Morgan fingerprint density at radius 1 is 1.08 bits per heavy atom. The molecule has 332 valence electrons. The van der Waals surface area contributed by atoms with Gasteiger partial charge in [-0.3, -0.25) is 19.3 Å². The third-order valence-corrected chi connectivity index (χ3v) is 12.6. The highest BCUT2D eigenvalue weighted by molar-refractivity contribution is 7.85. The van der Waals surface area contributed by atoms with Crippen LogP contribution in [-0.4, -0.2) is 128 Å². The van der Waals surface area contributed by atoms with Gasteiger partial charge in [-0.05, 0) is 70.4 Å². The maximum Gasteiger partial charge on any atom is 0.408 e. The molecule has 2 aliphatic carbocycles. The van der Waals surface area contributed by atoms with Crippen molar-refractivity contribution in [3.05, 3.63) is 29.3 Å². The van der Waals surface area contributed by atoms with Crippen LogP contribution in [0.25, 0.3) is 10.9 Å². The minimum Gasteiger partial charge on any atom is -0.488 e. The molecule has 4 amide bonds. The van der Waals surface area contributed by atoms with Gasteiger partial charge >= 0.3 is 16.4 Å². The lowest BCUT2D eigenvalue weighted by atomic mass is 9.85. The summed E-state index contributed by atoms with van der Waals surface area (Å²) in [6, 6.07) is 4.56. The molecule has 17 nitrogen and oxygen atoms in total. The summed E-state index contributed by atoms with van der Waals surface area (Å²) >= 11 is 6.63. The van der Waals surface area contributed by atoms with Crippen LogP contribution in [0.3, 0.4) is 0 Å². The van der Waals surface area contributed by atoms with Crippen LogP contribution in [0.4, 0.5) is 4.79 Å². The van der Waals surface area contributed by atoms with E-state index in [1.54, 1.807) is 72.7 Å². The summed E-state index contributed by atoms with van der Waals surface area (Å²) in [4.78, 5) is 64.3. The van der Waals surface area contributed by atoms with Crippen molar-refractivity contribution in [2.75, 3.05) is 46.0 Å². The molecule has 0 bridgehead atoms. The number of alkyl carbamates (subject to hydrolysis) is 1. The molecule has 19 heteroatoms. The standard InChI is InChI=1S/C41H59ClN6O11S/c1-9-25-23-41(25,36(51)46-60(53,54)59-40(8)13-14-40)45-34(49)29-21-26(24-48(29)35(50)33(38(2,3)4)44-37(52)58-39(5,6)7)57-30-22-31(43-32-27(30)11-10-12-28(32)42)56-20-17-47-15-18-55-19-16-47/h10-12,22,25-26,29,33H,9,13-21,23-24H2,1-8H3,(H,44,52)(H,45,49)(H,46,51)/t25-,26-,29+,33-,41-/m1/s1. The maximum absolute atomic E-state index is 14.7. The minimum atomic E-state index is -4.48. The number of hydrogen-bond acceptors (Lipinski definition) is 13. The lowest BCUT2D eigenvalue weighted by molar-refractivity contribution is -0.143. The number of morpholine rings is 1. The van der Waals surface area contributed by atoms with Crippen LogP contribution in [0.5, 0.6) is 11.6 Å². The number of aromatic nitrogens is 1. The Labute approximate surface area is 357 Å². The fourth-order valence-corrected chi connectivity index (χ4v) is 8.96. The molecular weight excluding hydrogens is 820 g/mol. The molecule has 6 rings (SSSR count). The Kier molecular flexibility index (Phi) is 13.2. The van der Waals surface area contributed by atoms with Crippen LogP contribution in [0.1, 0.15) is 87.5 Å². The average molecular weight is 879 g/mol. The van der Waals surface area contributed by atoms with Gasteiger partial charge in [-0.1, -0.05) is 51.8 Å². The SMILES string of the molecule is CC[C@@H]1C[C@]1(NC(=O)[C@@H]1C[C@@H](Oc2cc(OCCN3CCOCC3)nc3c(Cl)cccc23)CN1C(=O)[C@@H](NC(=O)OC(C)(C)C)C(C)(C)C)C(=O)NS(=O)(=O)OC1(C)CC1. The molecule has 3 N–H and O–H groups in total. The van der Waals surface area contributed by atoms with Gasteiger partial charge in [0, 0.05) is 37.5 Å². The van der Waals surface area contributed by atoms with Gasteiger partial charge in [0.25, 0.3) is 5.91 Å². The number of nitrogens with one attached hydrogen (secondary N) is 3. The number of nitrogens with zero attached hydrogens (tertiary/aromatic N) is 3. The van der Waals surface area contributed by atoms with E-state index in [4.69, 9.17) is 34.7 Å². The van der Waals surface area contributed by atoms with Gasteiger partial charge in [0.05, 0.1) is 35.9 Å². The van der Waals surface area contributed by atoms with E-state index in [1.165, 1.54) is 4.90 Å². The van der Waals surface area contributed by atoms with Crippen molar-refractivity contribution in [1.82, 2.24) is 30.1 Å². The summed E-state index contributed by atoms with van der Waals surface area (Å²) in [5, 5.41) is 6.50. The number of fused-ring (bicyclic) bond motifs is 1. The Hall–Kier alpha value is -3.97. The second-order valence-corrected chi connectivity index (χ2v) is 20.2. The summed E-state index contributed by atoms with van der Waals surface area (Å²) in [7, 11) is -4.48. The molecule has 2 saturated heterocycles. The van der Waals surface area contributed by atoms with Gasteiger partial charge in [-0.25, -0.2) is 18.7 Å². The molecule has 3 heterocycles. The van der Waals surface area contributed by atoms with Gasteiger partial charge in [0.2, 0.25) is 17.7 Å². The fourth-order valence-electron chi connectivity index (χ4n) is 7.59. The number of carbonyl (C=O) groups is 4. The third kappa shape index (κ3) is 11.1. The fraction of sp³-hybridized carbons (Fsp3) is 0.683. The van der Waals surface area contributed by atoms with E-state index in [-0.39, 0.29) is 31.2 Å². The second-order valence-electron chi connectivity index (χ2n) is 18.5. The van der Waals surface area contributed by atoms with Crippen LogP contribution in [0, 0.1) is 11.3 Å². The zero-order valence-electron chi connectivity index (χ0n) is 35.7. The third-order valence-electron chi connectivity index (χ3n) is 11.2. The Bertz CT molecular complexity index is 2060. The lowest BCUT2D eigenvalue weighted by Gasteiger charge is -2.36. The first-order chi connectivity index (χ1) is 28.0. The number of likely N-dealkylation sites (tertiary alicyclic amines) is 1. The number of benzene rings is 1. The Balaban J connectivity index is 1.28. The average Bonchev–Trinajstić information content (AvgIpc) is 4.01. The highest BCUT2D eigenvalue weighted by atomic mass is 35.5. The Morgan fingerprint density at radius 3 is 2.40 bits per heavy atom. The van der Waals surface area contributed by atoms with Crippen molar-refractivity contribution in [2.45, 2.75) is 122 Å². The monoisotopic (exact) mass is 878 g/mol. The molecule has 2 aromatic rings. The van der Waals surface area contributed by atoms with E-state index in [9.17, 15) is 27.6 Å². The summed E-state index contributed by atoms with van der Waals surface area (Å²) in [5.74, 6) is -1.93. The predicted molar refractivity (Wildman–Crippen MR) is 222 cm³/mol. The molecule has 60 heavy (non-hydrogen) atoms. The molecule has 2 aliphatic heterocycles. The number of rotatable bonds is 15. The van der Waals surface area contributed by atoms with Crippen molar-refractivity contribution < 1.29 is 50.7 Å². The molecule has 5 atom stereocenters. The van der Waals surface area contributed by atoms with Crippen LogP contribution in [0.2, 0.25) is 5.02 Å². The van der Waals surface area contributed by atoms with Crippen LogP contribution in [0.15, 0.2) is 24.3 Å². The number of para-hydroxylation sites is 1. The Morgan fingerprint density at radius 2 is 1.78 bits per heavy atom. The molecule has 4 aliphatic rings. The molecule has 0 radical (unpaired) electrons. The van der Waals surface area contributed by atoms with Gasteiger partial charge in [-0.15, -0.1) is 0 Å². The first kappa shape index (κ1) is 45.6. The largest absolute Gasteiger partial charge is 0.488 e. The van der Waals surface area contributed by atoms with Crippen molar-refractivity contribution in [3.63, 3.8) is 0 Å². The van der Waals surface area contributed by atoms with Crippen molar-refractivity contribution >= 4 is 56.6 Å². The topological polar surface area (TPSA) is 204 Å². The summed E-state index contributed by atoms with van der Waals surface area (Å²) in [5.41, 5.74) is -3.71. The first-order valence-corrected chi connectivity index (χ1v) is 22.4. The summed E-state index contributed by atoms with van der Waals surface area (Å²) in [6.07, 6.45) is 0.0840. The van der Waals surface area contributed by atoms with Gasteiger partial charge in [-0.2, -0.15) is 8.42 Å². The molecule has 1 aromatic heterocycles. The molecule has 1 aromatic carbocycles. The molecule has 2 saturated carbocycles. The number of carbonyl (C=O) groups excluding carboxylic acids is 4. The molecule has 0 spiro atoms. The van der Waals surface area contributed by atoms with Crippen molar-refractivity contribution in [2.24, 2.45) is 11.3 Å². The van der Waals surface area contributed by atoms with Gasteiger partial charge in [0.1, 0.15) is 41.7 Å². The summed E-state index contributed by atoms with van der Waals surface area (Å²) in [6.45, 7) is 17.7. The molecule has 0 unspecified atom stereocenters. The highest BCUT2D eigenvalue weighted by Crippen LogP contribution is 2.47.